The van der Waals surface area contributed by atoms with Gasteiger partial charge in [-0.25, -0.2) is 4.39 Å². The second kappa shape index (κ2) is 11.8. The highest BCUT2D eigenvalue weighted by molar-refractivity contribution is 6.03. The summed E-state index contributed by atoms with van der Waals surface area (Å²) in [6.07, 6.45) is -0.473. The van der Waals surface area contributed by atoms with Crippen molar-refractivity contribution in [1.82, 2.24) is 0 Å². The fraction of sp³-hybridized carbons (Fsp3) is 0.312. The molecule has 1 aliphatic heterocycles. The minimum atomic E-state index is -5.18. The first kappa shape index (κ1) is 28.4. The number of hydrogen-bond donors (Lipinski definition) is 1. The van der Waals surface area contributed by atoms with E-state index in [9.17, 15) is 27.2 Å². The molecule has 2 aliphatic rings. The Hall–Kier alpha value is -4.14. The fourth-order valence-corrected chi connectivity index (χ4v) is 5.55. The van der Waals surface area contributed by atoms with Crippen LogP contribution >= 0.6 is 0 Å². The number of halogens is 4. The second-order valence-electron chi connectivity index (χ2n) is 10.3. The summed E-state index contributed by atoms with van der Waals surface area (Å²) in [4.78, 5) is 27.6. The van der Waals surface area contributed by atoms with E-state index in [0.717, 1.165) is 19.3 Å². The number of allylic oxidation sites excluding steroid dienone is 1. The zero-order valence-electron chi connectivity index (χ0n) is 22.5. The first-order valence-corrected chi connectivity index (χ1v) is 13.7. The van der Waals surface area contributed by atoms with E-state index < -0.39 is 35.8 Å². The zero-order valence-corrected chi connectivity index (χ0v) is 22.5. The Bertz CT molecular complexity index is 1430. The summed E-state index contributed by atoms with van der Waals surface area (Å²) in [5, 5.41) is 3.17. The van der Waals surface area contributed by atoms with Crippen molar-refractivity contribution >= 4 is 23.1 Å². The molecule has 214 valence electrons. The Morgan fingerprint density at radius 1 is 0.976 bits per heavy atom. The SMILES string of the molecule is CCCCCOc1ccc([C@H]2[C@@H]3C(=O)C[C@@H](c4ccc(F)cc4)C=C3Nc3ccccc3N2C(=O)C(F)(F)F)cc1. The van der Waals surface area contributed by atoms with E-state index in [1.165, 1.54) is 18.2 Å². The van der Waals surface area contributed by atoms with Crippen LogP contribution in [0, 0.1) is 11.7 Å². The number of amides is 1. The quantitative estimate of drug-likeness (QED) is 0.235. The molecule has 0 unspecified atom stereocenters. The fourth-order valence-electron chi connectivity index (χ4n) is 5.55. The van der Waals surface area contributed by atoms with E-state index in [0.29, 0.717) is 34.1 Å². The van der Waals surface area contributed by atoms with Crippen LogP contribution in [0.4, 0.5) is 28.9 Å². The molecule has 0 radical (unpaired) electrons. The maximum absolute atomic E-state index is 14.1. The van der Waals surface area contributed by atoms with E-state index in [1.807, 2.05) is 0 Å². The number of rotatable bonds is 7. The molecule has 1 N–H and O–H groups in total. The number of benzene rings is 3. The van der Waals surface area contributed by atoms with Crippen LogP contribution in [0.25, 0.3) is 0 Å². The van der Waals surface area contributed by atoms with Crippen LogP contribution in [0.5, 0.6) is 5.75 Å². The average molecular weight is 567 g/mol. The Labute approximate surface area is 235 Å². The van der Waals surface area contributed by atoms with E-state index in [1.54, 1.807) is 60.7 Å². The molecule has 5 nitrogen and oxygen atoms in total. The summed E-state index contributed by atoms with van der Waals surface area (Å²) in [5.74, 6) is -3.77. The molecule has 0 saturated carbocycles. The maximum Gasteiger partial charge on any atom is 0.471 e. The Morgan fingerprint density at radius 2 is 1.66 bits per heavy atom. The molecule has 9 heteroatoms. The molecule has 3 atom stereocenters. The van der Waals surface area contributed by atoms with Crippen LogP contribution in [-0.2, 0) is 9.59 Å². The Morgan fingerprint density at radius 3 is 2.34 bits per heavy atom. The van der Waals surface area contributed by atoms with E-state index in [-0.39, 0.29) is 23.6 Å². The predicted molar refractivity (Wildman–Crippen MR) is 148 cm³/mol. The molecule has 3 aromatic rings. The average Bonchev–Trinajstić information content (AvgIpc) is 3.10. The monoisotopic (exact) mass is 566 g/mol. The number of hydrogen-bond acceptors (Lipinski definition) is 4. The molecule has 0 saturated heterocycles. The molecule has 1 amide bonds. The van der Waals surface area contributed by atoms with Crippen molar-refractivity contribution in [2.75, 3.05) is 16.8 Å². The van der Waals surface area contributed by atoms with Gasteiger partial charge in [0.25, 0.3) is 0 Å². The molecule has 1 aliphatic carbocycles. The summed E-state index contributed by atoms with van der Waals surface area (Å²) in [5.41, 5.74) is 1.75. The van der Waals surface area contributed by atoms with E-state index >= 15 is 0 Å². The van der Waals surface area contributed by atoms with Crippen LogP contribution in [-0.4, -0.2) is 24.5 Å². The lowest BCUT2D eigenvalue weighted by Gasteiger charge is -2.37. The molecule has 0 aromatic heterocycles. The van der Waals surface area contributed by atoms with Gasteiger partial charge in [0.05, 0.1) is 29.9 Å². The van der Waals surface area contributed by atoms with E-state index in [4.69, 9.17) is 4.74 Å². The van der Waals surface area contributed by atoms with Crippen LogP contribution in [0.15, 0.2) is 84.6 Å². The topological polar surface area (TPSA) is 58.6 Å². The highest BCUT2D eigenvalue weighted by atomic mass is 19.4. The third-order valence-corrected chi connectivity index (χ3v) is 7.52. The normalized spacial score (nSPS) is 20.3. The van der Waals surface area contributed by atoms with Crippen molar-refractivity contribution in [2.24, 2.45) is 5.92 Å². The lowest BCUT2D eigenvalue weighted by molar-refractivity contribution is -0.171. The number of nitrogens with one attached hydrogen (secondary N) is 1. The molecule has 3 aromatic carbocycles. The highest BCUT2D eigenvalue weighted by Crippen LogP contribution is 2.49. The Balaban J connectivity index is 1.62. The standard InChI is InChI=1S/C32H30F4N2O3/c1-2-3-6-17-41-24-15-11-21(12-16-24)30-29-26(18-22(19-28(29)39)20-9-13-23(33)14-10-20)37-25-7-4-5-8-27(25)38(30)31(40)32(34,35)36/h4-5,7-16,18,22,29-30,37H,2-3,6,17,19H2,1H3/t22-,29-,30-/m0/s1. The maximum atomic E-state index is 14.1. The van der Waals surface area contributed by atoms with Gasteiger partial charge in [0, 0.05) is 18.0 Å². The largest absolute Gasteiger partial charge is 0.494 e. The van der Waals surface area contributed by atoms with Crippen molar-refractivity contribution < 1.29 is 31.9 Å². The summed E-state index contributed by atoms with van der Waals surface area (Å²) in [6.45, 7) is 2.59. The van der Waals surface area contributed by atoms with Crippen molar-refractivity contribution in [1.29, 1.82) is 0 Å². The molecule has 1 heterocycles. The van der Waals surface area contributed by atoms with Crippen molar-refractivity contribution in [3.05, 3.63) is 102 Å². The third kappa shape index (κ3) is 5.99. The number of Topliss-reactive ketones (excluding diaryl/α,β-unsaturated/α-hetero) is 1. The number of alkyl halides is 3. The van der Waals surface area contributed by atoms with Gasteiger partial charge in [-0.3, -0.25) is 14.5 Å². The van der Waals surface area contributed by atoms with Crippen molar-refractivity contribution in [2.45, 2.75) is 50.7 Å². The number of ether oxygens (including phenoxy) is 1. The molecular formula is C32H30F4N2O3. The second-order valence-corrected chi connectivity index (χ2v) is 10.3. The molecule has 0 bridgehead atoms. The van der Waals surface area contributed by atoms with Crippen molar-refractivity contribution in [3.8, 4) is 5.75 Å². The summed E-state index contributed by atoms with van der Waals surface area (Å²) >= 11 is 0. The minimum Gasteiger partial charge on any atom is -0.494 e. The summed E-state index contributed by atoms with van der Waals surface area (Å²) in [7, 11) is 0. The number of ketones is 1. The van der Waals surface area contributed by atoms with Gasteiger partial charge in [0.15, 0.2) is 0 Å². The molecule has 0 fully saturated rings. The first-order chi connectivity index (χ1) is 19.7. The van der Waals surface area contributed by atoms with Crippen LogP contribution in [0.1, 0.15) is 55.7 Å². The number of anilines is 2. The number of fused-ring (bicyclic) bond motifs is 2. The highest BCUT2D eigenvalue weighted by Gasteiger charge is 2.51. The number of carbonyl (C=O) groups excluding carboxylic acids is 2. The van der Waals surface area contributed by atoms with Gasteiger partial charge in [-0.15, -0.1) is 0 Å². The number of carbonyl (C=O) groups is 2. The summed E-state index contributed by atoms with van der Waals surface area (Å²) in [6, 6.07) is 17.2. The van der Waals surface area contributed by atoms with Gasteiger partial charge in [-0.1, -0.05) is 62.2 Å². The van der Waals surface area contributed by atoms with Gasteiger partial charge in [-0.05, 0) is 53.9 Å². The predicted octanol–water partition coefficient (Wildman–Crippen LogP) is 7.71. The first-order valence-electron chi connectivity index (χ1n) is 13.7. The number of nitrogens with zero attached hydrogens (tertiary/aromatic N) is 1. The molecule has 41 heavy (non-hydrogen) atoms. The lowest BCUT2D eigenvalue weighted by atomic mass is 9.76. The van der Waals surface area contributed by atoms with E-state index in [2.05, 4.69) is 12.2 Å². The smallest absolute Gasteiger partial charge is 0.471 e. The van der Waals surface area contributed by atoms with Gasteiger partial charge < -0.3 is 10.1 Å². The number of para-hydroxylation sites is 2. The minimum absolute atomic E-state index is 0.0129. The van der Waals surface area contributed by atoms with Gasteiger partial charge in [0.2, 0.25) is 0 Å². The molecular weight excluding hydrogens is 536 g/mol. The van der Waals surface area contributed by atoms with Gasteiger partial charge in [-0.2, -0.15) is 13.2 Å². The summed E-state index contributed by atoms with van der Waals surface area (Å²) < 4.78 is 61.6. The number of unbranched alkanes of at least 4 members (excludes halogenated alkanes) is 2. The lowest BCUT2D eigenvalue weighted by Crippen LogP contribution is -2.47. The van der Waals surface area contributed by atoms with Crippen LogP contribution in [0.2, 0.25) is 0 Å². The Kier molecular flexibility index (Phi) is 8.15. The van der Waals surface area contributed by atoms with Gasteiger partial charge in [0.1, 0.15) is 17.3 Å². The molecule has 0 spiro atoms. The third-order valence-electron chi connectivity index (χ3n) is 7.52. The molecule has 5 rings (SSSR count). The van der Waals surface area contributed by atoms with Crippen LogP contribution in [0.3, 0.4) is 0 Å². The van der Waals surface area contributed by atoms with Gasteiger partial charge >= 0.3 is 12.1 Å². The van der Waals surface area contributed by atoms with Crippen LogP contribution < -0.4 is 15.0 Å². The van der Waals surface area contributed by atoms with Crippen molar-refractivity contribution in [3.63, 3.8) is 0 Å². The zero-order chi connectivity index (χ0) is 29.1.